The number of nitrogen functional groups attached to an aromatic ring is 1. The summed E-state index contributed by atoms with van der Waals surface area (Å²) in [6.45, 7) is 3.55. The van der Waals surface area contributed by atoms with E-state index in [9.17, 15) is 14.0 Å². The van der Waals surface area contributed by atoms with Crippen LogP contribution in [0.5, 0.6) is 0 Å². The molecule has 0 aliphatic rings. The van der Waals surface area contributed by atoms with E-state index in [2.05, 4.69) is 20.1 Å². The fourth-order valence-corrected chi connectivity index (χ4v) is 3.72. The molecule has 166 valence electrons. The number of aromatic amines is 2. The minimum absolute atomic E-state index is 0.0499. The zero-order valence-electron chi connectivity index (χ0n) is 17.7. The Labute approximate surface area is 185 Å². The van der Waals surface area contributed by atoms with Gasteiger partial charge in [0, 0.05) is 22.9 Å². The molecular formula is C22H19FN7O3+. The number of pyridine rings is 1. The Morgan fingerprint density at radius 2 is 1.94 bits per heavy atom. The van der Waals surface area contributed by atoms with Crippen molar-refractivity contribution in [1.29, 1.82) is 0 Å². The van der Waals surface area contributed by atoms with Gasteiger partial charge in [-0.15, -0.1) is 9.38 Å². The van der Waals surface area contributed by atoms with Gasteiger partial charge in [0.25, 0.3) is 5.56 Å². The molecule has 0 radical (unpaired) electrons. The highest BCUT2D eigenvalue weighted by Gasteiger charge is 2.26. The van der Waals surface area contributed by atoms with Gasteiger partial charge in [0.05, 0.1) is 5.56 Å². The first-order valence-corrected chi connectivity index (χ1v) is 10.0. The summed E-state index contributed by atoms with van der Waals surface area (Å²) in [5.74, 6) is 0.136. The minimum atomic E-state index is -0.453. The van der Waals surface area contributed by atoms with Gasteiger partial charge in [-0.25, -0.2) is 19.3 Å². The third-order valence-electron chi connectivity index (χ3n) is 5.46. The van der Waals surface area contributed by atoms with Crippen molar-refractivity contribution in [3.63, 3.8) is 0 Å². The van der Waals surface area contributed by atoms with Crippen molar-refractivity contribution < 1.29 is 13.2 Å². The lowest BCUT2D eigenvalue weighted by atomic mass is 10.0. The van der Waals surface area contributed by atoms with Gasteiger partial charge in [-0.2, -0.15) is 4.68 Å². The van der Waals surface area contributed by atoms with E-state index >= 15 is 0 Å². The lowest BCUT2D eigenvalue weighted by Crippen LogP contribution is -2.44. The second kappa shape index (κ2) is 7.55. The fourth-order valence-electron chi connectivity index (χ4n) is 3.72. The Bertz CT molecular complexity index is 1630. The van der Waals surface area contributed by atoms with Crippen LogP contribution >= 0.6 is 0 Å². The lowest BCUT2D eigenvalue weighted by molar-refractivity contribution is -0.516. The normalized spacial score (nSPS) is 11.4. The number of anilines is 1. The first kappa shape index (κ1) is 20.4. The summed E-state index contributed by atoms with van der Waals surface area (Å²) in [5.41, 5.74) is 9.05. The van der Waals surface area contributed by atoms with E-state index < -0.39 is 11.5 Å². The molecule has 1 aromatic carbocycles. The van der Waals surface area contributed by atoms with Gasteiger partial charge in [-0.3, -0.25) is 4.79 Å². The van der Waals surface area contributed by atoms with E-state index in [0.29, 0.717) is 45.0 Å². The third kappa shape index (κ3) is 3.39. The first-order chi connectivity index (χ1) is 15.8. The number of oxazole rings is 1. The average molecular weight is 448 g/mol. The second-order valence-electron chi connectivity index (χ2n) is 7.62. The Morgan fingerprint density at radius 1 is 1.18 bits per heavy atom. The monoisotopic (exact) mass is 448 g/mol. The molecule has 4 N–H and O–H groups in total. The van der Waals surface area contributed by atoms with Crippen molar-refractivity contribution in [3.8, 4) is 22.4 Å². The molecule has 0 amide bonds. The number of benzene rings is 1. The summed E-state index contributed by atoms with van der Waals surface area (Å²) in [5, 5.41) is 3.09. The van der Waals surface area contributed by atoms with Crippen LogP contribution in [-0.2, 0) is 6.54 Å². The molecule has 5 rings (SSSR count). The van der Waals surface area contributed by atoms with Gasteiger partial charge in [0.2, 0.25) is 5.65 Å². The maximum Gasteiger partial charge on any atom is 0.428 e. The van der Waals surface area contributed by atoms with Gasteiger partial charge in [-0.05, 0) is 44.2 Å². The van der Waals surface area contributed by atoms with Gasteiger partial charge >= 0.3 is 11.6 Å². The molecule has 0 aliphatic heterocycles. The standard InChI is InChI=1S/C22H18FN7O3/c1-11-7-14(8-25-20(11)31)17-18(13-3-5-15(23)6-4-13)27-21(24)30-19(17)28-29(22(30)32)9-16-12(2)33-10-26-16/h3-8,10H,9H2,1-2H3,(H3,24,25,27,28,31)/p+1. The zero-order chi connectivity index (χ0) is 23.3. The van der Waals surface area contributed by atoms with E-state index in [1.165, 1.54) is 33.8 Å². The predicted octanol–water partition coefficient (Wildman–Crippen LogP) is 1.71. The first-order valence-electron chi connectivity index (χ1n) is 10.0. The Balaban J connectivity index is 1.84. The number of nitrogens with zero attached hydrogens (tertiary/aromatic N) is 4. The summed E-state index contributed by atoms with van der Waals surface area (Å²) in [6, 6.07) is 7.46. The van der Waals surface area contributed by atoms with Crippen LogP contribution in [0.3, 0.4) is 0 Å². The number of halogens is 1. The molecule has 0 atom stereocenters. The molecule has 4 heterocycles. The minimum Gasteiger partial charge on any atom is -0.448 e. The molecule has 0 aliphatic carbocycles. The molecule has 0 saturated carbocycles. The Morgan fingerprint density at radius 3 is 2.61 bits per heavy atom. The van der Waals surface area contributed by atoms with Crippen LogP contribution in [0.2, 0.25) is 0 Å². The molecule has 33 heavy (non-hydrogen) atoms. The Hall–Kier alpha value is -4.54. The lowest BCUT2D eigenvalue weighted by Gasteiger charge is -2.09. The van der Waals surface area contributed by atoms with Crippen molar-refractivity contribution in [2.45, 2.75) is 20.4 Å². The highest BCUT2D eigenvalue weighted by molar-refractivity contribution is 5.88. The van der Waals surface area contributed by atoms with Crippen LogP contribution in [0, 0.1) is 19.7 Å². The zero-order valence-corrected chi connectivity index (χ0v) is 17.7. The Kier molecular flexibility index (Phi) is 4.66. The molecule has 11 heteroatoms. The third-order valence-corrected chi connectivity index (χ3v) is 5.46. The van der Waals surface area contributed by atoms with Crippen LogP contribution < -0.4 is 21.4 Å². The molecule has 0 spiro atoms. The quantitative estimate of drug-likeness (QED) is 0.358. The van der Waals surface area contributed by atoms with Crippen molar-refractivity contribution in [2.24, 2.45) is 0 Å². The number of H-pyrrole nitrogens is 2. The maximum absolute atomic E-state index is 13.6. The average Bonchev–Trinajstić information content (AvgIpc) is 3.34. The van der Waals surface area contributed by atoms with E-state index in [1.54, 1.807) is 32.0 Å². The number of rotatable bonds is 4. The van der Waals surface area contributed by atoms with Gasteiger partial charge in [0.15, 0.2) is 6.39 Å². The number of nitrogens with two attached hydrogens (primary N) is 1. The largest absolute Gasteiger partial charge is 0.448 e. The summed E-state index contributed by atoms with van der Waals surface area (Å²) in [7, 11) is 0. The van der Waals surface area contributed by atoms with Crippen LogP contribution in [0.4, 0.5) is 10.3 Å². The molecule has 0 bridgehead atoms. The highest BCUT2D eigenvalue weighted by atomic mass is 19.1. The number of nitrogens with one attached hydrogen (secondary N) is 2. The predicted molar refractivity (Wildman–Crippen MR) is 117 cm³/mol. The van der Waals surface area contributed by atoms with Crippen molar-refractivity contribution in [3.05, 3.63) is 86.6 Å². The van der Waals surface area contributed by atoms with Crippen molar-refractivity contribution in [2.75, 3.05) is 5.73 Å². The number of hydrogen-bond donors (Lipinski definition) is 3. The summed E-state index contributed by atoms with van der Waals surface area (Å²) in [6.07, 6.45) is 2.84. The van der Waals surface area contributed by atoms with Crippen LogP contribution in [0.25, 0.3) is 28.0 Å². The van der Waals surface area contributed by atoms with Crippen LogP contribution in [-0.4, -0.2) is 24.7 Å². The number of aryl methyl sites for hydroxylation is 2. The van der Waals surface area contributed by atoms with Gasteiger partial charge in [-0.1, -0.05) is 0 Å². The van der Waals surface area contributed by atoms with Crippen LogP contribution in [0.1, 0.15) is 17.0 Å². The number of aromatic nitrogens is 6. The van der Waals surface area contributed by atoms with Gasteiger partial charge < -0.3 is 15.1 Å². The highest BCUT2D eigenvalue weighted by Crippen LogP contribution is 2.32. The van der Waals surface area contributed by atoms with Crippen LogP contribution in [0.15, 0.2) is 56.9 Å². The smallest absolute Gasteiger partial charge is 0.428 e. The molecule has 0 unspecified atom stereocenters. The molecule has 5 aromatic rings. The molecular weight excluding hydrogens is 429 g/mol. The molecule has 0 saturated heterocycles. The summed E-state index contributed by atoms with van der Waals surface area (Å²) in [4.78, 5) is 36.5. The maximum atomic E-state index is 13.6. The van der Waals surface area contributed by atoms with Crippen molar-refractivity contribution in [1.82, 2.24) is 24.7 Å². The molecule has 4 aromatic heterocycles. The SMILES string of the molecule is Cc1ocnc1Cn1[nH]c2c(-c3c[nH]c(=O)c(C)c3)c(-c3ccc(F)cc3)nc(N)[n+]2c1=O. The van der Waals surface area contributed by atoms with Crippen molar-refractivity contribution >= 4 is 11.6 Å². The van der Waals surface area contributed by atoms with E-state index in [-0.39, 0.29) is 18.1 Å². The second-order valence-corrected chi connectivity index (χ2v) is 7.62. The number of hydrogen-bond acceptors (Lipinski definition) is 6. The summed E-state index contributed by atoms with van der Waals surface area (Å²) >= 11 is 0. The topological polar surface area (TPSA) is 140 Å². The van der Waals surface area contributed by atoms with Gasteiger partial charge in [0.1, 0.15) is 29.5 Å². The number of fused-ring (bicyclic) bond motifs is 1. The molecule has 0 fully saturated rings. The van der Waals surface area contributed by atoms with E-state index in [4.69, 9.17) is 10.2 Å². The van der Waals surface area contributed by atoms with E-state index in [0.717, 1.165) is 0 Å². The fraction of sp³-hybridized carbons (Fsp3) is 0.136. The molecule has 10 nitrogen and oxygen atoms in total. The summed E-state index contributed by atoms with van der Waals surface area (Å²) < 4.78 is 21.4. The van der Waals surface area contributed by atoms with E-state index in [1.807, 2.05) is 0 Å².